The van der Waals surface area contributed by atoms with Gasteiger partial charge >= 0.3 is 0 Å². The Morgan fingerprint density at radius 2 is 1.94 bits per heavy atom. The van der Waals surface area contributed by atoms with Crippen molar-refractivity contribution in [2.45, 2.75) is 6.42 Å². The van der Waals surface area contributed by atoms with E-state index in [1.807, 2.05) is 0 Å². The predicted octanol–water partition coefficient (Wildman–Crippen LogP) is 2.06. The molecular weight excluding hydrogens is 211 g/mol. The molecular formula is C12H15FO3. The predicted molar refractivity (Wildman–Crippen MR) is 58.0 cm³/mol. The third-order valence-electron chi connectivity index (χ3n) is 2.04. The van der Waals surface area contributed by atoms with Crippen LogP contribution in [0.1, 0.15) is 16.8 Å². The average Bonchev–Trinajstić information content (AvgIpc) is 2.29. The SMILES string of the molecule is COCCCOCC(=O)c1ccc(F)cc1. The van der Waals surface area contributed by atoms with Gasteiger partial charge in [0.15, 0.2) is 5.78 Å². The Morgan fingerprint density at radius 3 is 2.56 bits per heavy atom. The number of ether oxygens (including phenoxy) is 2. The molecule has 0 saturated carbocycles. The molecule has 3 nitrogen and oxygen atoms in total. The Morgan fingerprint density at radius 1 is 1.25 bits per heavy atom. The van der Waals surface area contributed by atoms with Gasteiger partial charge in [0.05, 0.1) is 0 Å². The maximum atomic E-state index is 12.6. The van der Waals surface area contributed by atoms with Gasteiger partial charge in [-0.25, -0.2) is 4.39 Å². The number of halogens is 1. The van der Waals surface area contributed by atoms with Crippen molar-refractivity contribution >= 4 is 5.78 Å². The fourth-order valence-electron chi connectivity index (χ4n) is 1.19. The van der Waals surface area contributed by atoms with Crippen LogP contribution in [0.25, 0.3) is 0 Å². The van der Waals surface area contributed by atoms with E-state index in [0.717, 1.165) is 6.42 Å². The van der Waals surface area contributed by atoms with Gasteiger partial charge in [-0.1, -0.05) is 0 Å². The maximum absolute atomic E-state index is 12.6. The molecule has 0 aliphatic carbocycles. The summed E-state index contributed by atoms with van der Waals surface area (Å²) < 4.78 is 22.6. The largest absolute Gasteiger partial charge is 0.385 e. The molecule has 0 spiro atoms. The molecule has 0 N–H and O–H groups in total. The first-order chi connectivity index (χ1) is 7.74. The summed E-state index contributed by atoms with van der Waals surface area (Å²) in [5, 5.41) is 0. The first-order valence-corrected chi connectivity index (χ1v) is 5.09. The highest BCUT2D eigenvalue weighted by molar-refractivity contribution is 5.96. The van der Waals surface area contributed by atoms with E-state index in [4.69, 9.17) is 9.47 Å². The van der Waals surface area contributed by atoms with E-state index in [1.54, 1.807) is 7.11 Å². The summed E-state index contributed by atoms with van der Waals surface area (Å²) in [6.07, 6.45) is 0.757. The normalized spacial score (nSPS) is 10.4. The summed E-state index contributed by atoms with van der Waals surface area (Å²) in [6.45, 7) is 1.13. The summed E-state index contributed by atoms with van der Waals surface area (Å²) in [6, 6.07) is 5.43. The summed E-state index contributed by atoms with van der Waals surface area (Å²) in [5.74, 6) is -0.491. The first-order valence-electron chi connectivity index (χ1n) is 5.09. The molecule has 4 heteroatoms. The zero-order chi connectivity index (χ0) is 11.8. The van der Waals surface area contributed by atoms with E-state index in [9.17, 15) is 9.18 Å². The van der Waals surface area contributed by atoms with Gasteiger partial charge in [0.25, 0.3) is 0 Å². The van der Waals surface area contributed by atoms with Crippen molar-refractivity contribution in [2.24, 2.45) is 0 Å². The fraction of sp³-hybridized carbons (Fsp3) is 0.417. The molecule has 0 saturated heterocycles. The van der Waals surface area contributed by atoms with Gasteiger partial charge in [-0.3, -0.25) is 4.79 Å². The number of carbonyl (C=O) groups excluding carboxylic acids is 1. The molecule has 0 radical (unpaired) electrons. The highest BCUT2D eigenvalue weighted by Gasteiger charge is 2.05. The minimum absolute atomic E-state index is 0.0232. The van der Waals surface area contributed by atoms with E-state index in [-0.39, 0.29) is 18.2 Å². The minimum atomic E-state index is -0.349. The Bertz CT molecular complexity index is 322. The Labute approximate surface area is 94.2 Å². The van der Waals surface area contributed by atoms with Crippen LogP contribution >= 0.6 is 0 Å². The highest BCUT2D eigenvalue weighted by atomic mass is 19.1. The monoisotopic (exact) mass is 226 g/mol. The molecule has 88 valence electrons. The van der Waals surface area contributed by atoms with E-state index < -0.39 is 0 Å². The number of carbonyl (C=O) groups is 1. The quantitative estimate of drug-likeness (QED) is 0.527. The van der Waals surface area contributed by atoms with E-state index in [0.29, 0.717) is 18.8 Å². The van der Waals surface area contributed by atoms with Crippen LogP contribution in [0.3, 0.4) is 0 Å². The molecule has 0 aromatic heterocycles. The molecule has 0 fully saturated rings. The van der Waals surface area contributed by atoms with Gasteiger partial charge in [-0.15, -0.1) is 0 Å². The van der Waals surface area contributed by atoms with Gasteiger partial charge in [-0.05, 0) is 30.7 Å². The van der Waals surface area contributed by atoms with Gasteiger partial charge in [-0.2, -0.15) is 0 Å². The number of benzene rings is 1. The van der Waals surface area contributed by atoms with Crippen LogP contribution in [0, 0.1) is 5.82 Å². The van der Waals surface area contributed by atoms with E-state index >= 15 is 0 Å². The standard InChI is InChI=1S/C12H15FO3/c1-15-7-2-8-16-9-12(14)10-3-5-11(13)6-4-10/h3-6H,2,7-9H2,1H3. The van der Waals surface area contributed by atoms with Crippen LogP contribution in [-0.2, 0) is 9.47 Å². The van der Waals surface area contributed by atoms with Gasteiger partial charge in [0, 0.05) is 25.9 Å². The second-order valence-corrected chi connectivity index (χ2v) is 3.33. The zero-order valence-electron chi connectivity index (χ0n) is 9.24. The smallest absolute Gasteiger partial charge is 0.188 e. The van der Waals surface area contributed by atoms with E-state index in [2.05, 4.69) is 0 Å². The summed E-state index contributed by atoms with van der Waals surface area (Å²) in [5.41, 5.74) is 0.466. The van der Waals surface area contributed by atoms with Gasteiger partial charge in [0.1, 0.15) is 12.4 Å². The molecule has 0 atom stereocenters. The molecule has 1 aromatic rings. The van der Waals surface area contributed by atoms with Crippen molar-refractivity contribution in [3.05, 3.63) is 35.6 Å². The molecule has 1 aromatic carbocycles. The van der Waals surface area contributed by atoms with Gasteiger partial charge < -0.3 is 9.47 Å². The van der Waals surface area contributed by atoms with Crippen LogP contribution in [0.4, 0.5) is 4.39 Å². The first kappa shape index (κ1) is 12.8. The molecule has 0 aliphatic rings. The molecule has 0 heterocycles. The lowest BCUT2D eigenvalue weighted by Gasteiger charge is -2.03. The summed E-state index contributed by atoms with van der Waals surface area (Å²) >= 11 is 0. The van der Waals surface area contributed by atoms with Crippen molar-refractivity contribution in [3.63, 3.8) is 0 Å². The van der Waals surface area contributed by atoms with Crippen LogP contribution < -0.4 is 0 Å². The lowest BCUT2D eigenvalue weighted by Crippen LogP contribution is -2.10. The molecule has 1 rings (SSSR count). The third kappa shape index (κ3) is 4.51. The second-order valence-electron chi connectivity index (χ2n) is 3.33. The van der Waals surface area contributed by atoms with Crippen LogP contribution in [0.15, 0.2) is 24.3 Å². The minimum Gasteiger partial charge on any atom is -0.385 e. The lowest BCUT2D eigenvalue weighted by molar-refractivity contribution is 0.0705. The number of Topliss-reactive ketones (excluding diaryl/α,β-unsaturated/α-hetero) is 1. The van der Waals surface area contributed by atoms with Crippen molar-refractivity contribution < 1.29 is 18.7 Å². The van der Waals surface area contributed by atoms with Crippen molar-refractivity contribution in [3.8, 4) is 0 Å². The molecule has 0 unspecified atom stereocenters. The Hall–Kier alpha value is -1.26. The summed E-state index contributed by atoms with van der Waals surface area (Å²) in [7, 11) is 1.61. The van der Waals surface area contributed by atoms with Crippen LogP contribution in [-0.4, -0.2) is 32.7 Å². The number of ketones is 1. The highest BCUT2D eigenvalue weighted by Crippen LogP contribution is 2.03. The fourth-order valence-corrected chi connectivity index (χ4v) is 1.19. The molecule has 0 aliphatic heterocycles. The number of hydrogen-bond acceptors (Lipinski definition) is 3. The Kier molecular flexibility index (Phi) is 5.67. The number of rotatable bonds is 7. The van der Waals surface area contributed by atoms with E-state index in [1.165, 1.54) is 24.3 Å². The van der Waals surface area contributed by atoms with Crippen LogP contribution in [0.5, 0.6) is 0 Å². The van der Waals surface area contributed by atoms with Crippen molar-refractivity contribution in [1.82, 2.24) is 0 Å². The van der Waals surface area contributed by atoms with Crippen molar-refractivity contribution in [2.75, 3.05) is 26.9 Å². The molecule has 0 amide bonds. The lowest BCUT2D eigenvalue weighted by atomic mass is 10.1. The second kappa shape index (κ2) is 7.09. The number of methoxy groups -OCH3 is 1. The maximum Gasteiger partial charge on any atom is 0.188 e. The summed E-state index contributed by atoms with van der Waals surface area (Å²) in [4.78, 5) is 11.5. The van der Waals surface area contributed by atoms with Crippen molar-refractivity contribution in [1.29, 1.82) is 0 Å². The topological polar surface area (TPSA) is 35.5 Å². The molecule has 0 bridgehead atoms. The van der Waals surface area contributed by atoms with Crippen LogP contribution in [0.2, 0.25) is 0 Å². The Balaban J connectivity index is 2.27. The zero-order valence-corrected chi connectivity index (χ0v) is 9.24. The third-order valence-corrected chi connectivity index (χ3v) is 2.04. The molecule has 16 heavy (non-hydrogen) atoms. The average molecular weight is 226 g/mol. The van der Waals surface area contributed by atoms with Gasteiger partial charge in [0.2, 0.25) is 0 Å². The number of hydrogen-bond donors (Lipinski definition) is 0.